The molecule has 0 amide bonds. The number of benzene rings is 2. The van der Waals surface area contributed by atoms with Crippen molar-refractivity contribution in [3.8, 4) is 5.75 Å². The molecular weight excluding hydrogens is 258 g/mol. The van der Waals surface area contributed by atoms with Gasteiger partial charge in [0.05, 0.1) is 6.61 Å². The average molecular weight is 279 g/mol. The molecule has 0 aromatic heterocycles. The van der Waals surface area contributed by atoms with Gasteiger partial charge in [-0.1, -0.05) is 42.5 Å². The highest BCUT2D eigenvalue weighted by Crippen LogP contribution is 2.40. The van der Waals surface area contributed by atoms with E-state index in [9.17, 15) is 0 Å². The van der Waals surface area contributed by atoms with Crippen LogP contribution in [0.3, 0.4) is 0 Å². The molecule has 1 atom stereocenters. The summed E-state index contributed by atoms with van der Waals surface area (Å²) in [7, 11) is 0. The Morgan fingerprint density at radius 2 is 1.76 bits per heavy atom. The molecule has 0 bridgehead atoms. The molecule has 108 valence electrons. The van der Waals surface area contributed by atoms with Crippen molar-refractivity contribution in [3.05, 3.63) is 65.2 Å². The summed E-state index contributed by atoms with van der Waals surface area (Å²) in [6.07, 6.45) is 3.78. The van der Waals surface area contributed by atoms with Crippen molar-refractivity contribution >= 4 is 0 Å². The first kappa shape index (κ1) is 12.9. The molecule has 2 aromatic rings. The van der Waals surface area contributed by atoms with Gasteiger partial charge in [-0.15, -0.1) is 0 Å². The molecule has 0 spiro atoms. The Morgan fingerprint density at radius 3 is 2.57 bits per heavy atom. The smallest absolute Gasteiger partial charge is 0.124 e. The van der Waals surface area contributed by atoms with Gasteiger partial charge in [0.15, 0.2) is 0 Å². The fourth-order valence-electron chi connectivity index (χ4n) is 3.12. The molecule has 0 saturated heterocycles. The topological polar surface area (TPSA) is 21.3 Å². The second-order valence-corrected chi connectivity index (χ2v) is 6.12. The summed E-state index contributed by atoms with van der Waals surface area (Å²) in [6, 6.07) is 17.9. The molecule has 2 heteroatoms. The van der Waals surface area contributed by atoms with Gasteiger partial charge in [0.2, 0.25) is 0 Å². The predicted octanol–water partition coefficient (Wildman–Crippen LogP) is 4.18. The Labute approximate surface area is 126 Å². The highest BCUT2D eigenvalue weighted by Gasteiger charge is 2.23. The number of rotatable bonds is 4. The molecule has 1 saturated carbocycles. The van der Waals surface area contributed by atoms with E-state index in [0.717, 1.165) is 31.2 Å². The van der Waals surface area contributed by atoms with Crippen molar-refractivity contribution < 1.29 is 4.74 Å². The van der Waals surface area contributed by atoms with Crippen molar-refractivity contribution in [3.63, 3.8) is 0 Å². The maximum atomic E-state index is 5.71. The summed E-state index contributed by atoms with van der Waals surface area (Å²) in [5.41, 5.74) is 4.16. The number of hydrogen-bond acceptors (Lipinski definition) is 2. The second-order valence-electron chi connectivity index (χ2n) is 6.12. The van der Waals surface area contributed by atoms with Crippen molar-refractivity contribution in [1.82, 2.24) is 5.32 Å². The lowest BCUT2D eigenvalue weighted by atomic mass is 10.00. The van der Waals surface area contributed by atoms with Gasteiger partial charge in [0.25, 0.3) is 0 Å². The Bertz CT molecular complexity index is 616. The molecule has 1 N–H and O–H groups in total. The highest BCUT2D eigenvalue weighted by molar-refractivity contribution is 5.37. The first-order valence-electron chi connectivity index (χ1n) is 7.94. The number of ether oxygens (including phenoxy) is 1. The minimum Gasteiger partial charge on any atom is -0.493 e. The van der Waals surface area contributed by atoms with Crippen LogP contribution in [0.5, 0.6) is 5.75 Å². The quantitative estimate of drug-likeness (QED) is 0.906. The lowest BCUT2D eigenvalue weighted by Crippen LogP contribution is -2.26. The zero-order chi connectivity index (χ0) is 14.1. The summed E-state index contributed by atoms with van der Waals surface area (Å²) in [6.45, 7) is 1.72. The van der Waals surface area contributed by atoms with Gasteiger partial charge >= 0.3 is 0 Å². The number of hydrogen-bond donors (Lipinski definition) is 1. The first-order chi connectivity index (χ1) is 10.4. The molecule has 2 nitrogen and oxygen atoms in total. The van der Waals surface area contributed by atoms with E-state index < -0.39 is 0 Å². The first-order valence-corrected chi connectivity index (χ1v) is 7.94. The average Bonchev–Trinajstić information content (AvgIpc) is 3.38. The van der Waals surface area contributed by atoms with Crippen molar-refractivity contribution in [2.45, 2.75) is 37.8 Å². The van der Waals surface area contributed by atoms with Crippen LogP contribution < -0.4 is 10.1 Å². The summed E-state index contributed by atoms with van der Waals surface area (Å²) in [4.78, 5) is 0. The van der Waals surface area contributed by atoms with Crippen LogP contribution in [0.25, 0.3) is 0 Å². The van der Waals surface area contributed by atoms with Gasteiger partial charge < -0.3 is 10.1 Å². The fraction of sp³-hybridized carbons (Fsp3) is 0.368. The second kappa shape index (κ2) is 5.53. The zero-order valence-corrected chi connectivity index (χ0v) is 12.2. The van der Waals surface area contributed by atoms with Gasteiger partial charge in [0.1, 0.15) is 5.75 Å². The van der Waals surface area contributed by atoms with Crippen molar-refractivity contribution in [1.29, 1.82) is 0 Å². The van der Waals surface area contributed by atoms with Crippen LogP contribution in [-0.4, -0.2) is 6.61 Å². The standard InChI is InChI=1S/C19H21NO/c1-2-4-19-17(3-1)18(11-12-21-19)20-13-14-5-7-15(8-6-14)16-9-10-16/h1-8,16,18,20H,9-13H2. The summed E-state index contributed by atoms with van der Waals surface area (Å²) >= 11 is 0. The number of fused-ring (bicyclic) bond motifs is 1. The third kappa shape index (κ3) is 2.81. The molecule has 21 heavy (non-hydrogen) atoms. The predicted molar refractivity (Wildman–Crippen MR) is 84.6 cm³/mol. The van der Waals surface area contributed by atoms with Crippen LogP contribution >= 0.6 is 0 Å². The van der Waals surface area contributed by atoms with Crippen molar-refractivity contribution in [2.24, 2.45) is 0 Å². The van der Waals surface area contributed by atoms with E-state index >= 15 is 0 Å². The van der Waals surface area contributed by atoms with Gasteiger partial charge in [0, 0.05) is 24.6 Å². The monoisotopic (exact) mass is 279 g/mol. The molecule has 2 aromatic carbocycles. The largest absolute Gasteiger partial charge is 0.493 e. The number of nitrogens with one attached hydrogen (secondary N) is 1. The Hall–Kier alpha value is -1.80. The van der Waals surface area contributed by atoms with Gasteiger partial charge in [-0.05, 0) is 36.0 Å². The van der Waals surface area contributed by atoms with Crippen molar-refractivity contribution in [2.75, 3.05) is 6.61 Å². The van der Waals surface area contributed by atoms with Gasteiger partial charge in [-0.2, -0.15) is 0 Å². The molecule has 1 heterocycles. The summed E-state index contributed by atoms with van der Waals surface area (Å²) in [5.74, 6) is 1.87. The molecular formula is C19H21NO. The van der Waals surface area contributed by atoms with Crippen LogP contribution in [0.15, 0.2) is 48.5 Å². The third-order valence-electron chi connectivity index (χ3n) is 4.54. The molecule has 1 aliphatic heterocycles. The van der Waals surface area contributed by atoms with Crippen LogP contribution in [-0.2, 0) is 6.54 Å². The van der Waals surface area contributed by atoms with Crippen LogP contribution in [0, 0.1) is 0 Å². The minimum atomic E-state index is 0.401. The normalized spacial score (nSPS) is 20.7. The molecule has 1 unspecified atom stereocenters. The van der Waals surface area contributed by atoms with E-state index in [4.69, 9.17) is 4.74 Å². The minimum absolute atomic E-state index is 0.401. The molecule has 0 radical (unpaired) electrons. The third-order valence-corrected chi connectivity index (χ3v) is 4.54. The van der Waals surface area contributed by atoms with E-state index in [0.29, 0.717) is 6.04 Å². The molecule has 4 rings (SSSR count). The maximum Gasteiger partial charge on any atom is 0.124 e. The maximum absolute atomic E-state index is 5.71. The Balaban J connectivity index is 1.42. The fourth-order valence-corrected chi connectivity index (χ4v) is 3.12. The number of para-hydroxylation sites is 1. The van der Waals surface area contributed by atoms with Crippen LogP contribution in [0.2, 0.25) is 0 Å². The molecule has 2 aliphatic rings. The lowest BCUT2D eigenvalue weighted by molar-refractivity contribution is 0.252. The van der Waals surface area contributed by atoms with Gasteiger partial charge in [-0.3, -0.25) is 0 Å². The lowest BCUT2D eigenvalue weighted by Gasteiger charge is -2.26. The van der Waals surface area contributed by atoms with E-state index in [2.05, 4.69) is 47.8 Å². The van der Waals surface area contributed by atoms with E-state index in [1.807, 2.05) is 6.07 Å². The van der Waals surface area contributed by atoms with Crippen LogP contribution in [0.1, 0.15) is 47.9 Å². The van der Waals surface area contributed by atoms with Crippen LogP contribution in [0.4, 0.5) is 0 Å². The Morgan fingerprint density at radius 1 is 0.952 bits per heavy atom. The van der Waals surface area contributed by atoms with E-state index in [1.54, 1.807) is 0 Å². The van der Waals surface area contributed by atoms with E-state index in [1.165, 1.54) is 29.5 Å². The SMILES string of the molecule is c1ccc2c(c1)OCCC2NCc1ccc(C2CC2)cc1. The molecule has 1 aliphatic carbocycles. The highest BCUT2D eigenvalue weighted by atomic mass is 16.5. The molecule has 1 fully saturated rings. The summed E-state index contributed by atoms with van der Waals surface area (Å²) in [5, 5.41) is 3.68. The van der Waals surface area contributed by atoms with E-state index in [-0.39, 0.29) is 0 Å². The zero-order valence-electron chi connectivity index (χ0n) is 12.2. The van der Waals surface area contributed by atoms with Gasteiger partial charge in [-0.25, -0.2) is 0 Å². The summed E-state index contributed by atoms with van der Waals surface area (Å²) < 4.78 is 5.71. The Kier molecular flexibility index (Phi) is 3.40.